The number of nitrogens with one attached hydrogen (secondary N) is 1. The molecule has 140 valence electrons. The van der Waals surface area contributed by atoms with E-state index in [9.17, 15) is 13.2 Å². The molecule has 5 nitrogen and oxygen atoms in total. The summed E-state index contributed by atoms with van der Waals surface area (Å²) in [4.78, 5) is 12.6. The molecule has 1 unspecified atom stereocenters. The number of carbonyl (C=O) groups excluding carboxylic acids is 1. The number of hydrogen-bond donors (Lipinski definition) is 1. The van der Waals surface area contributed by atoms with E-state index in [0.717, 1.165) is 22.9 Å². The highest BCUT2D eigenvalue weighted by molar-refractivity contribution is 9.10. The fourth-order valence-corrected chi connectivity index (χ4v) is 4.89. The molecule has 1 amide bonds. The maximum Gasteiger partial charge on any atom is 0.255 e. The number of sulfonamides is 1. The molecule has 0 saturated carbocycles. The molecule has 27 heavy (non-hydrogen) atoms. The Morgan fingerprint density at radius 3 is 2.52 bits per heavy atom. The molecule has 3 rings (SSSR count). The highest BCUT2D eigenvalue weighted by Gasteiger charge is 2.30. The van der Waals surface area contributed by atoms with Gasteiger partial charge in [-0.05, 0) is 73.7 Å². The predicted molar refractivity (Wildman–Crippen MR) is 111 cm³/mol. The first-order valence-corrected chi connectivity index (χ1v) is 11.0. The standard InChI is InChI=1S/C19H20BBrN2O3S/c1-13-12-14(5-10-17(13)21)19(24)22-15-6-8-16(9-7-15)27(25,26)23-11-3-2-4-18(23)20/h5-10,12,18H,2-4,11H2,1H3,(H,22,24). The molecule has 1 fully saturated rings. The van der Waals surface area contributed by atoms with Crippen LogP contribution < -0.4 is 5.32 Å². The van der Waals surface area contributed by atoms with Gasteiger partial charge in [0.25, 0.3) is 5.91 Å². The molecule has 1 atom stereocenters. The molecule has 1 heterocycles. The Bertz CT molecular complexity index is 948. The van der Waals surface area contributed by atoms with E-state index in [1.54, 1.807) is 24.3 Å². The van der Waals surface area contributed by atoms with Gasteiger partial charge in [0.1, 0.15) is 0 Å². The molecule has 8 heteroatoms. The minimum absolute atomic E-state index is 0.178. The van der Waals surface area contributed by atoms with Crippen LogP contribution in [0.2, 0.25) is 0 Å². The van der Waals surface area contributed by atoms with Crippen molar-refractivity contribution in [2.24, 2.45) is 0 Å². The Morgan fingerprint density at radius 2 is 1.89 bits per heavy atom. The van der Waals surface area contributed by atoms with E-state index in [1.807, 2.05) is 13.0 Å². The van der Waals surface area contributed by atoms with E-state index in [0.29, 0.717) is 24.2 Å². The maximum atomic E-state index is 12.8. The van der Waals surface area contributed by atoms with Crippen molar-refractivity contribution in [1.29, 1.82) is 0 Å². The third kappa shape index (κ3) is 4.44. The van der Waals surface area contributed by atoms with Gasteiger partial charge in [0.05, 0.1) is 12.7 Å². The van der Waals surface area contributed by atoms with Crippen LogP contribution in [0.15, 0.2) is 51.8 Å². The van der Waals surface area contributed by atoms with Crippen molar-refractivity contribution in [1.82, 2.24) is 4.31 Å². The van der Waals surface area contributed by atoms with Crippen LogP contribution in [0, 0.1) is 6.92 Å². The minimum Gasteiger partial charge on any atom is -0.322 e. The van der Waals surface area contributed by atoms with E-state index < -0.39 is 16.0 Å². The molecule has 1 aliphatic heterocycles. The molecular formula is C19H20BBrN2O3S. The van der Waals surface area contributed by atoms with E-state index in [4.69, 9.17) is 7.85 Å². The molecule has 1 saturated heterocycles. The fourth-order valence-electron chi connectivity index (χ4n) is 3.06. The number of anilines is 1. The number of aryl methyl sites for hydroxylation is 1. The Balaban J connectivity index is 1.75. The van der Waals surface area contributed by atoms with E-state index in [-0.39, 0.29) is 10.8 Å². The summed E-state index contributed by atoms with van der Waals surface area (Å²) in [5, 5.41) is 2.78. The normalized spacial score (nSPS) is 18.2. The van der Waals surface area contributed by atoms with Gasteiger partial charge < -0.3 is 5.32 Å². The van der Waals surface area contributed by atoms with E-state index in [2.05, 4.69) is 21.2 Å². The zero-order valence-electron chi connectivity index (χ0n) is 15.0. The Kier molecular flexibility index (Phi) is 6.08. The van der Waals surface area contributed by atoms with Gasteiger partial charge >= 0.3 is 0 Å². The van der Waals surface area contributed by atoms with Gasteiger partial charge in [-0.25, -0.2) is 12.7 Å². The minimum atomic E-state index is -3.63. The summed E-state index contributed by atoms with van der Waals surface area (Å²) in [5.74, 6) is -0.733. The van der Waals surface area contributed by atoms with Crippen LogP contribution >= 0.6 is 15.9 Å². The number of amides is 1. The largest absolute Gasteiger partial charge is 0.322 e. The van der Waals surface area contributed by atoms with Crippen molar-refractivity contribution in [3.05, 3.63) is 58.1 Å². The average Bonchev–Trinajstić information content (AvgIpc) is 2.64. The van der Waals surface area contributed by atoms with Gasteiger partial charge in [0, 0.05) is 22.3 Å². The molecule has 1 aliphatic rings. The van der Waals surface area contributed by atoms with Gasteiger partial charge in [-0.1, -0.05) is 22.4 Å². The van der Waals surface area contributed by atoms with Gasteiger partial charge in [0.15, 0.2) is 0 Å². The first-order chi connectivity index (χ1) is 12.8. The van der Waals surface area contributed by atoms with Crippen molar-refractivity contribution in [2.75, 3.05) is 11.9 Å². The second-order valence-corrected chi connectivity index (χ2v) is 9.37. The molecule has 0 aromatic heterocycles. The molecule has 2 aromatic rings. The molecule has 0 bridgehead atoms. The third-order valence-corrected chi connectivity index (χ3v) is 7.47. The zero-order chi connectivity index (χ0) is 19.6. The van der Waals surface area contributed by atoms with Gasteiger partial charge in [0.2, 0.25) is 10.0 Å². The molecule has 0 spiro atoms. The molecule has 1 N–H and O–H groups in total. The lowest BCUT2D eigenvalue weighted by molar-refractivity contribution is 0.102. The zero-order valence-corrected chi connectivity index (χ0v) is 17.4. The number of rotatable bonds is 4. The first kappa shape index (κ1) is 20.1. The second-order valence-electron chi connectivity index (χ2n) is 6.62. The van der Waals surface area contributed by atoms with Crippen molar-refractivity contribution >= 4 is 45.4 Å². The lowest BCUT2D eigenvalue weighted by Crippen LogP contribution is -2.43. The van der Waals surface area contributed by atoms with Crippen molar-refractivity contribution < 1.29 is 13.2 Å². The van der Waals surface area contributed by atoms with Crippen LogP contribution in [0.5, 0.6) is 0 Å². The monoisotopic (exact) mass is 446 g/mol. The Hall–Kier alpha value is -1.64. The smallest absolute Gasteiger partial charge is 0.255 e. The number of benzene rings is 2. The van der Waals surface area contributed by atoms with Crippen molar-refractivity contribution in [2.45, 2.75) is 37.0 Å². The van der Waals surface area contributed by atoms with Gasteiger partial charge in [-0.15, -0.1) is 0 Å². The van der Waals surface area contributed by atoms with Crippen LogP contribution in [0.25, 0.3) is 0 Å². The van der Waals surface area contributed by atoms with Crippen LogP contribution in [-0.2, 0) is 10.0 Å². The van der Waals surface area contributed by atoms with Crippen LogP contribution in [0.4, 0.5) is 5.69 Å². The number of piperidine rings is 1. The summed E-state index contributed by atoms with van der Waals surface area (Å²) in [5.41, 5.74) is 2.02. The highest BCUT2D eigenvalue weighted by Crippen LogP contribution is 2.25. The molecule has 2 aromatic carbocycles. The van der Waals surface area contributed by atoms with Crippen LogP contribution in [0.3, 0.4) is 0 Å². The van der Waals surface area contributed by atoms with Crippen molar-refractivity contribution in [3.8, 4) is 0 Å². The highest BCUT2D eigenvalue weighted by atomic mass is 79.9. The number of nitrogens with zero attached hydrogens (tertiary/aromatic N) is 1. The maximum absolute atomic E-state index is 12.8. The third-order valence-electron chi connectivity index (χ3n) is 4.64. The topological polar surface area (TPSA) is 66.5 Å². The molecule has 0 aliphatic carbocycles. The summed E-state index contributed by atoms with van der Waals surface area (Å²) in [6.07, 6.45) is 2.42. The number of hydrogen-bond acceptors (Lipinski definition) is 3. The fraction of sp³-hybridized carbons (Fsp3) is 0.316. The first-order valence-electron chi connectivity index (χ1n) is 8.74. The Morgan fingerprint density at radius 1 is 1.19 bits per heavy atom. The average molecular weight is 447 g/mol. The van der Waals surface area contributed by atoms with Crippen LogP contribution in [-0.4, -0.2) is 39.0 Å². The van der Waals surface area contributed by atoms with E-state index in [1.165, 1.54) is 16.4 Å². The summed E-state index contributed by atoms with van der Waals surface area (Å²) in [6.45, 7) is 2.34. The van der Waals surface area contributed by atoms with Crippen molar-refractivity contribution in [3.63, 3.8) is 0 Å². The van der Waals surface area contributed by atoms with Gasteiger partial charge in [-0.3, -0.25) is 4.79 Å². The predicted octanol–water partition coefficient (Wildman–Crippen LogP) is 3.68. The Labute approximate surface area is 169 Å². The summed E-state index contributed by atoms with van der Waals surface area (Å²) in [6, 6.07) is 11.5. The SMILES string of the molecule is [B]C1CCCCN1S(=O)(=O)c1ccc(NC(=O)c2ccc(Br)c(C)c2)cc1. The van der Waals surface area contributed by atoms with E-state index >= 15 is 0 Å². The lowest BCUT2D eigenvalue weighted by atomic mass is 9.88. The number of halogens is 1. The summed E-state index contributed by atoms with van der Waals surface area (Å²) in [7, 11) is 2.34. The van der Waals surface area contributed by atoms with Gasteiger partial charge in [-0.2, -0.15) is 0 Å². The molecular weight excluding hydrogens is 427 g/mol. The summed E-state index contributed by atoms with van der Waals surface area (Å²) < 4.78 is 27.8. The quantitative estimate of drug-likeness (QED) is 0.728. The number of carbonyl (C=O) groups is 1. The van der Waals surface area contributed by atoms with Crippen LogP contribution in [0.1, 0.15) is 35.2 Å². The lowest BCUT2D eigenvalue weighted by Gasteiger charge is -2.32. The molecule has 2 radical (unpaired) electrons. The summed E-state index contributed by atoms with van der Waals surface area (Å²) >= 11 is 3.41. The second kappa shape index (κ2) is 8.16.